The Morgan fingerprint density at radius 3 is 2.64 bits per heavy atom. The molecule has 1 aliphatic rings. The van der Waals surface area contributed by atoms with Crippen molar-refractivity contribution >= 4 is 17.9 Å². The highest BCUT2D eigenvalue weighted by Crippen LogP contribution is 2.15. The van der Waals surface area contributed by atoms with E-state index in [9.17, 15) is 9.59 Å². The first kappa shape index (κ1) is 10.6. The van der Waals surface area contributed by atoms with Gasteiger partial charge in [0.25, 0.3) is 0 Å². The topological polar surface area (TPSA) is 58.5 Å². The molecule has 1 N–H and O–H groups in total. The first-order chi connectivity index (χ1) is 6.60. The van der Waals surface area contributed by atoms with E-state index < -0.39 is 5.66 Å². The highest BCUT2D eigenvalue weighted by Gasteiger charge is 2.34. The summed E-state index contributed by atoms with van der Waals surface area (Å²) in [6.45, 7) is 3.33. The van der Waals surface area contributed by atoms with Crippen LogP contribution in [0.25, 0.3) is 0 Å². The number of Topliss-reactive ketones (excluding diaryl/α,β-unsaturated/α-hetero) is 1. The van der Waals surface area contributed by atoms with Crippen molar-refractivity contribution in [2.45, 2.75) is 32.4 Å². The van der Waals surface area contributed by atoms with Crippen LogP contribution >= 0.6 is 0 Å². The molecule has 1 unspecified atom stereocenters. The lowest BCUT2D eigenvalue weighted by Crippen LogP contribution is -2.49. The number of nitrogens with zero attached hydrogens (tertiary/aromatic N) is 1. The predicted octanol–water partition coefficient (Wildman–Crippen LogP) is 0.829. The number of amides is 1. The largest absolute Gasteiger partial charge is 0.322 e. The minimum absolute atomic E-state index is 0.147. The number of rotatable bonds is 4. The molecule has 0 aromatic rings. The maximum Gasteiger partial charge on any atom is 0.222 e. The van der Waals surface area contributed by atoms with Gasteiger partial charge in [0.2, 0.25) is 11.6 Å². The molecule has 76 valence electrons. The van der Waals surface area contributed by atoms with Crippen molar-refractivity contribution in [2.24, 2.45) is 4.99 Å². The SMILES string of the molecule is CCCC(=O)NC1(C(C)=O)C=CC=N1. The summed E-state index contributed by atoms with van der Waals surface area (Å²) in [6, 6.07) is 0. The summed E-state index contributed by atoms with van der Waals surface area (Å²) >= 11 is 0. The maximum absolute atomic E-state index is 11.3. The first-order valence-corrected chi connectivity index (χ1v) is 4.66. The molecule has 1 amide bonds. The van der Waals surface area contributed by atoms with Crippen molar-refractivity contribution in [3.63, 3.8) is 0 Å². The molecule has 0 radical (unpaired) electrons. The zero-order valence-electron chi connectivity index (χ0n) is 8.41. The van der Waals surface area contributed by atoms with Crippen LogP contribution < -0.4 is 5.32 Å². The summed E-state index contributed by atoms with van der Waals surface area (Å²) < 4.78 is 0. The van der Waals surface area contributed by atoms with Crippen LogP contribution in [0, 0.1) is 0 Å². The Labute approximate surface area is 83.1 Å². The maximum atomic E-state index is 11.3. The molecular weight excluding hydrogens is 180 g/mol. The molecule has 1 heterocycles. The molecule has 0 aromatic carbocycles. The molecule has 14 heavy (non-hydrogen) atoms. The van der Waals surface area contributed by atoms with E-state index in [0.29, 0.717) is 6.42 Å². The Morgan fingerprint density at radius 1 is 1.50 bits per heavy atom. The number of aliphatic imine (C=N–C) groups is 1. The van der Waals surface area contributed by atoms with Gasteiger partial charge in [-0.25, -0.2) is 0 Å². The van der Waals surface area contributed by atoms with Crippen molar-refractivity contribution in [3.05, 3.63) is 12.2 Å². The van der Waals surface area contributed by atoms with E-state index in [-0.39, 0.29) is 11.7 Å². The van der Waals surface area contributed by atoms with Crippen LogP contribution in [0.4, 0.5) is 0 Å². The number of hydrogen-bond acceptors (Lipinski definition) is 3. The van der Waals surface area contributed by atoms with E-state index in [1.807, 2.05) is 6.92 Å². The number of allylic oxidation sites excluding steroid dienone is 1. The highest BCUT2D eigenvalue weighted by molar-refractivity contribution is 5.97. The summed E-state index contributed by atoms with van der Waals surface area (Å²) in [4.78, 5) is 26.6. The number of carbonyl (C=O) groups is 2. The van der Waals surface area contributed by atoms with Crippen LogP contribution in [0.15, 0.2) is 17.1 Å². The van der Waals surface area contributed by atoms with E-state index in [0.717, 1.165) is 6.42 Å². The Morgan fingerprint density at radius 2 is 2.21 bits per heavy atom. The van der Waals surface area contributed by atoms with Crippen molar-refractivity contribution in [3.8, 4) is 0 Å². The lowest BCUT2D eigenvalue weighted by molar-refractivity contribution is -0.129. The molecule has 0 saturated carbocycles. The van der Waals surface area contributed by atoms with Crippen LogP contribution in [-0.4, -0.2) is 23.6 Å². The van der Waals surface area contributed by atoms with Crippen molar-refractivity contribution < 1.29 is 9.59 Å². The molecule has 1 atom stereocenters. The van der Waals surface area contributed by atoms with Gasteiger partial charge in [-0.1, -0.05) is 6.92 Å². The molecule has 0 spiro atoms. The van der Waals surface area contributed by atoms with Gasteiger partial charge in [0, 0.05) is 12.6 Å². The molecule has 0 bridgehead atoms. The molecule has 0 aliphatic carbocycles. The monoisotopic (exact) mass is 194 g/mol. The zero-order valence-corrected chi connectivity index (χ0v) is 8.41. The number of hydrogen-bond donors (Lipinski definition) is 1. The van der Waals surface area contributed by atoms with Gasteiger partial charge in [0.05, 0.1) is 0 Å². The molecule has 4 heteroatoms. The molecule has 0 fully saturated rings. The zero-order chi connectivity index (χ0) is 10.6. The van der Waals surface area contributed by atoms with Crippen molar-refractivity contribution in [1.29, 1.82) is 0 Å². The summed E-state index contributed by atoms with van der Waals surface area (Å²) in [5.74, 6) is -0.321. The van der Waals surface area contributed by atoms with Gasteiger partial charge in [-0.2, -0.15) is 0 Å². The van der Waals surface area contributed by atoms with E-state index in [2.05, 4.69) is 10.3 Å². The average molecular weight is 194 g/mol. The summed E-state index contributed by atoms with van der Waals surface area (Å²) in [6.07, 6.45) is 5.95. The lowest BCUT2D eigenvalue weighted by atomic mass is 10.1. The average Bonchev–Trinajstić information content (AvgIpc) is 2.54. The second-order valence-electron chi connectivity index (χ2n) is 3.26. The molecule has 0 aromatic heterocycles. The number of carbonyl (C=O) groups excluding carboxylic acids is 2. The first-order valence-electron chi connectivity index (χ1n) is 4.66. The Hall–Kier alpha value is -1.45. The molecular formula is C10H14N2O2. The third-order valence-electron chi connectivity index (χ3n) is 2.05. The molecule has 0 saturated heterocycles. The second-order valence-corrected chi connectivity index (χ2v) is 3.26. The van der Waals surface area contributed by atoms with Gasteiger partial charge in [-0.3, -0.25) is 14.6 Å². The fourth-order valence-electron chi connectivity index (χ4n) is 1.26. The normalized spacial score (nSPS) is 23.9. The molecule has 4 nitrogen and oxygen atoms in total. The van der Waals surface area contributed by atoms with E-state index in [4.69, 9.17) is 0 Å². The Balaban J connectivity index is 2.72. The van der Waals surface area contributed by atoms with Gasteiger partial charge in [0.1, 0.15) is 0 Å². The third kappa shape index (κ3) is 2.07. The van der Waals surface area contributed by atoms with Crippen LogP contribution in [0.1, 0.15) is 26.7 Å². The highest BCUT2D eigenvalue weighted by atomic mass is 16.2. The minimum atomic E-state index is -1.13. The van der Waals surface area contributed by atoms with E-state index in [1.54, 1.807) is 12.2 Å². The van der Waals surface area contributed by atoms with Crippen molar-refractivity contribution in [1.82, 2.24) is 5.32 Å². The number of ketones is 1. The Bertz CT molecular complexity index is 293. The fraction of sp³-hybridized carbons (Fsp3) is 0.500. The van der Waals surface area contributed by atoms with E-state index in [1.165, 1.54) is 13.1 Å². The van der Waals surface area contributed by atoms with Gasteiger partial charge in [-0.15, -0.1) is 0 Å². The second kappa shape index (κ2) is 4.17. The van der Waals surface area contributed by atoms with Gasteiger partial charge in [-0.05, 0) is 25.5 Å². The molecule has 1 rings (SSSR count). The lowest BCUT2D eigenvalue weighted by Gasteiger charge is -2.22. The summed E-state index contributed by atoms with van der Waals surface area (Å²) in [5, 5.41) is 2.62. The van der Waals surface area contributed by atoms with Gasteiger partial charge in [0.15, 0.2) is 5.78 Å². The smallest absolute Gasteiger partial charge is 0.222 e. The van der Waals surface area contributed by atoms with E-state index >= 15 is 0 Å². The van der Waals surface area contributed by atoms with Crippen molar-refractivity contribution in [2.75, 3.05) is 0 Å². The summed E-state index contributed by atoms with van der Waals surface area (Å²) in [5.41, 5.74) is -1.13. The molecule has 1 aliphatic heterocycles. The predicted molar refractivity (Wildman–Crippen MR) is 54.1 cm³/mol. The minimum Gasteiger partial charge on any atom is -0.322 e. The van der Waals surface area contributed by atoms with Crippen LogP contribution in [0.2, 0.25) is 0 Å². The quantitative estimate of drug-likeness (QED) is 0.720. The standard InChI is InChI=1S/C10H14N2O2/c1-3-5-9(14)12-10(8(2)13)6-4-7-11-10/h4,6-7H,3,5H2,1-2H3,(H,12,14). The van der Waals surface area contributed by atoms with Crippen LogP contribution in [0.5, 0.6) is 0 Å². The van der Waals surface area contributed by atoms with Gasteiger partial charge < -0.3 is 5.32 Å². The third-order valence-corrected chi connectivity index (χ3v) is 2.05. The van der Waals surface area contributed by atoms with Crippen LogP contribution in [0.3, 0.4) is 0 Å². The van der Waals surface area contributed by atoms with Gasteiger partial charge >= 0.3 is 0 Å². The Kier molecular flexibility index (Phi) is 3.17. The summed E-state index contributed by atoms with van der Waals surface area (Å²) in [7, 11) is 0. The number of nitrogens with one attached hydrogen (secondary N) is 1. The fourth-order valence-corrected chi connectivity index (χ4v) is 1.26. The van der Waals surface area contributed by atoms with Crippen LogP contribution in [-0.2, 0) is 9.59 Å².